The fourth-order valence-corrected chi connectivity index (χ4v) is 2.87. The van der Waals surface area contributed by atoms with Crippen molar-refractivity contribution in [3.05, 3.63) is 29.5 Å². The normalized spacial score (nSPS) is 10.8. The molecular weight excluding hydrogens is 314 g/mol. The second-order valence-corrected chi connectivity index (χ2v) is 6.05. The van der Waals surface area contributed by atoms with Gasteiger partial charge in [-0.3, -0.25) is 0 Å². The summed E-state index contributed by atoms with van der Waals surface area (Å²) in [6.45, 7) is 8.44. The lowest BCUT2D eigenvalue weighted by molar-refractivity contribution is 0.397. The number of hydrogen-bond acceptors (Lipinski definition) is 5. The number of aryl methyl sites for hydroxylation is 2. The quantitative estimate of drug-likeness (QED) is 0.757. The molecule has 0 spiro atoms. The van der Waals surface area contributed by atoms with Gasteiger partial charge in [0.1, 0.15) is 11.4 Å². The Morgan fingerprint density at radius 1 is 1.04 bits per heavy atom. The van der Waals surface area contributed by atoms with Crippen molar-refractivity contribution in [3.8, 4) is 22.9 Å². The maximum Gasteiger partial charge on any atom is 0.242 e. The largest absolute Gasteiger partial charge is 0.497 e. The molecule has 0 fully saturated rings. The van der Waals surface area contributed by atoms with Crippen molar-refractivity contribution < 1.29 is 9.47 Å². The first-order valence-electron chi connectivity index (χ1n) is 8.94. The lowest BCUT2D eigenvalue weighted by Crippen LogP contribution is -2.19. The second kappa shape index (κ2) is 8.70. The number of anilines is 1. The molecule has 0 saturated carbocycles. The van der Waals surface area contributed by atoms with Crippen LogP contribution >= 0.6 is 0 Å². The number of aromatic nitrogens is 2. The lowest BCUT2D eigenvalue weighted by atomic mass is 10.0. The summed E-state index contributed by atoms with van der Waals surface area (Å²) in [5.41, 5.74) is 3.84. The van der Waals surface area contributed by atoms with E-state index in [0.717, 1.165) is 53.3 Å². The molecule has 1 aromatic carbocycles. The van der Waals surface area contributed by atoms with Gasteiger partial charge < -0.3 is 14.8 Å². The molecule has 0 atom stereocenters. The Labute approximate surface area is 150 Å². The molecule has 0 aliphatic carbocycles. The highest BCUT2D eigenvalue weighted by atomic mass is 16.5. The van der Waals surface area contributed by atoms with Crippen LogP contribution < -0.4 is 14.8 Å². The van der Waals surface area contributed by atoms with E-state index in [9.17, 15) is 0 Å². The Kier molecular flexibility index (Phi) is 6.62. The van der Waals surface area contributed by atoms with Gasteiger partial charge in [0.05, 0.1) is 19.9 Å². The van der Waals surface area contributed by atoms with Gasteiger partial charge >= 0.3 is 0 Å². The van der Waals surface area contributed by atoms with E-state index in [1.54, 1.807) is 14.2 Å². The zero-order chi connectivity index (χ0) is 18.4. The van der Waals surface area contributed by atoms with Crippen LogP contribution in [0.4, 0.5) is 5.82 Å². The molecule has 0 bridgehead atoms. The summed E-state index contributed by atoms with van der Waals surface area (Å²) in [6, 6.07) is 6.40. The minimum absolute atomic E-state index is 0.385. The first kappa shape index (κ1) is 19.0. The SMILES string of the molecule is CCc1cc(OC)ccc1-c1nc(C)c(NC(CC)CC)nc1OC. The number of nitrogens with one attached hydrogen (secondary N) is 1. The minimum Gasteiger partial charge on any atom is -0.497 e. The number of benzene rings is 1. The molecule has 5 heteroatoms. The van der Waals surface area contributed by atoms with Gasteiger partial charge in [0, 0.05) is 11.6 Å². The van der Waals surface area contributed by atoms with E-state index < -0.39 is 0 Å². The van der Waals surface area contributed by atoms with E-state index in [0.29, 0.717) is 11.9 Å². The van der Waals surface area contributed by atoms with Crippen molar-refractivity contribution in [3.63, 3.8) is 0 Å². The Balaban J connectivity index is 2.50. The Bertz CT molecular complexity index is 712. The van der Waals surface area contributed by atoms with Crippen LogP contribution in [0, 0.1) is 6.92 Å². The summed E-state index contributed by atoms with van der Waals surface area (Å²) in [5, 5.41) is 3.47. The van der Waals surface area contributed by atoms with Crippen LogP contribution in [-0.4, -0.2) is 30.2 Å². The van der Waals surface area contributed by atoms with Crippen LogP contribution in [0.15, 0.2) is 18.2 Å². The maximum atomic E-state index is 5.56. The Morgan fingerprint density at radius 2 is 1.76 bits per heavy atom. The number of nitrogens with zero attached hydrogens (tertiary/aromatic N) is 2. The number of ether oxygens (including phenoxy) is 2. The molecule has 1 N–H and O–H groups in total. The third-order valence-electron chi connectivity index (χ3n) is 4.51. The molecule has 25 heavy (non-hydrogen) atoms. The highest BCUT2D eigenvalue weighted by Gasteiger charge is 2.18. The summed E-state index contributed by atoms with van der Waals surface area (Å²) in [5.74, 6) is 2.18. The fraction of sp³-hybridized carbons (Fsp3) is 0.500. The van der Waals surface area contributed by atoms with Gasteiger partial charge in [0.25, 0.3) is 0 Å². The molecule has 0 aliphatic rings. The maximum absolute atomic E-state index is 5.56. The van der Waals surface area contributed by atoms with E-state index in [2.05, 4.69) is 26.1 Å². The minimum atomic E-state index is 0.385. The van der Waals surface area contributed by atoms with Gasteiger partial charge in [0.2, 0.25) is 5.88 Å². The zero-order valence-electron chi connectivity index (χ0n) is 16.1. The number of rotatable bonds is 8. The van der Waals surface area contributed by atoms with Gasteiger partial charge in [-0.1, -0.05) is 20.8 Å². The predicted molar refractivity (Wildman–Crippen MR) is 103 cm³/mol. The molecule has 2 rings (SSSR count). The van der Waals surface area contributed by atoms with Crippen molar-refractivity contribution in [2.45, 2.75) is 53.0 Å². The standard InChI is InChI=1S/C20H29N3O2/c1-7-14-12-16(24-5)10-11-17(14)18-20(25-6)23-19(13(4)21-18)22-15(8-2)9-3/h10-12,15H,7-9H2,1-6H3,(H,22,23). The monoisotopic (exact) mass is 343 g/mol. The topological polar surface area (TPSA) is 56.3 Å². The fourth-order valence-electron chi connectivity index (χ4n) is 2.87. The van der Waals surface area contributed by atoms with Crippen LogP contribution in [0.2, 0.25) is 0 Å². The average molecular weight is 343 g/mol. The summed E-state index contributed by atoms with van der Waals surface area (Å²) >= 11 is 0. The highest BCUT2D eigenvalue weighted by Crippen LogP contribution is 2.33. The summed E-state index contributed by atoms with van der Waals surface area (Å²) in [6.07, 6.45) is 2.96. The van der Waals surface area contributed by atoms with Crippen LogP contribution in [-0.2, 0) is 6.42 Å². The van der Waals surface area contributed by atoms with Crippen LogP contribution in [0.5, 0.6) is 11.6 Å². The zero-order valence-corrected chi connectivity index (χ0v) is 16.1. The van der Waals surface area contributed by atoms with Gasteiger partial charge in [-0.15, -0.1) is 0 Å². The summed E-state index contributed by atoms with van der Waals surface area (Å²) < 4.78 is 10.9. The first-order chi connectivity index (χ1) is 12.1. The van der Waals surface area contributed by atoms with E-state index >= 15 is 0 Å². The van der Waals surface area contributed by atoms with E-state index in [4.69, 9.17) is 19.4 Å². The molecule has 1 aromatic heterocycles. The van der Waals surface area contributed by atoms with Crippen LogP contribution in [0.1, 0.15) is 44.9 Å². The van der Waals surface area contributed by atoms with Gasteiger partial charge in [0.15, 0.2) is 5.82 Å². The summed E-state index contributed by atoms with van der Waals surface area (Å²) in [4.78, 5) is 9.50. The van der Waals surface area contributed by atoms with E-state index in [1.807, 2.05) is 25.1 Å². The molecule has 1 heterocycles. The first-order valence-corrected chi connectivity index (χ1v) is 8.94. The Morgan fingerprint density at radius 3 is 2.32 bits per heavy atom. The van der Waals surface area contributed by atoms with Crippen molar-refractivity contribution in [2.75, 3.05) is 19.5 Å². The molecule has 136 valence electrons. The van der Waals surface area contributed by atoms with E-state index in [-0.39, 0.29) is 0 Å². The predicted octanol–water partition coefficient (Wildman–Crippen LogP) is 4.63. The Hall–Kier alpha value is -2.30. The van der Waals surface area contributed by atoms with Gasteiger partial charge in [-0.05, 0) is 49.9 Å². The molecule has 0 saturated heterocycles. The molecule has 0 unspecified atom stereocenters. The van der Waals surface area contributed by atoms with Gasteiger partial charge in [-0.25, -0.2) is 4.98 Å². The van der Waals surface area contributed by atoms with Gasteiger partial charge in [-0.2, -0.15) is 4.98 Å². The highest BCUT2D eigenvalue weighted by molar-refractivity contribution is 5.70. The average Bonchev–Trinajstić information content (AvgIpc) is 2.66. The van der Waals surface area contributed by atoms with Crippen LogP contribution in [0.25, 0.3) is 11.3 Å². The third kappa shape index (κ3) is 4.21. The molecule has 2 aromatic rings. The lowest BCUT2D eigenvalue weighted by Gasteiger charge is -2.19. The smallest absolute Gasteiger partial charge is 0.242 e. The molecule has 5 nitrogen and oxygen atoms in total. The molecule has 0 amide bonds. The van der Waals surface area contributed by atoms with E-state index in [1.165, 1.54) is 0 Å². The van der Waals surface area contributed by atoms with Crippen molar-refractivity contribution >= 4 is 5.82 Å². The third-order valence-corrected chi connectivity index (χ3v) is 4.51. The molecule has 0 aliphatic heterocycles. The molecule has 0 radical (unpaired) electrons. The molecular formula is C20H29N3O2. The number of hydrogen-bond donors (Lipinski definition) is 1. The van der Waals surface area contributed by atoms with Crippen LogP contribution in [0.3, 0.4) is 0 Å². The summed E-state index contributed by atoms with van der Waals surface area (Å²) in [7, 11) is 3.32. The van der Waals surface area contributed by atoms with Crippen molar-refractivity contribution in [1.82, 2.24) is 9.97 Å². The second-order valence-electron chi connectivity index (χ2n) is 6.05. The van der Waals surface area contributed by atoms with Crippen molar-refractivity contribution in [1.29, 1.82) is 0 Å². The van der Waals surface area contributed by atoms with Crippen molar-refractivity contribution in [2.24, 2.45) is 0 Å². The number of methoxy groups -OCH3 is 2.